The lowest BCUT2D eigenvalue weighted by molar-refractivity contribution is 0.0585. The maximum atomic E-state index is 12.5. The topological polar surface area (TPSA) is 50.8 Å². The second-order valence-electron chi connectivity index (χ2n) is 7.08. The first-order valence-corrected chi connectivity index (χ1v) is 9.24. The van der Waals surface area contributed by atoms with Crippen molar-refractivity contribution in [2.75, 3.05) is 33.9 Å². The summed E-state index contributed by atoms with van der Waals surface area (Å²) >= 11 is 0. The van der Waals surface area contributed by atoms with Crippen LogP contribution in [0.3, 0.4) is 0 Å². The number of nitrogens with one attached hydrogen (secondary N) is 1. The summed E-state index contributed by atoms with van der Waals surface area (Å²) in [6.07, 6.45) is 2.06. The van der Waals surface area contributed by atoms with Crippen molar-refractivity contribution in [3.05, 3.63) is 42.0 Å². The quantitative estimate of drug-likeness (QED) is 0.882. The smallest absolute Gasteiger partial charge is 0.317 e. The number of ether oxygens (including phenoxy) is 2. The molecule has 5 heteroatoms. The van der Waals surface area contributed by atoms with E-state index in [-0.39, 0.29) is 12.1 Å². The summed E-state index contributed by atoms with van der Waals surface area (Å²) in [6.45, 7) is 4.40. The highest BCUT2D eigenvalue weighted by atomic mass is 16.5. The Morgan fingerprint density at radius 1 is 1.23 bits per heavy atom. The van der Waals surface area contributed by atoms with Gasteiger partial charge in [0.05, 0.1) is 13.2 Å². The van der Waals surface area contributed by atoms with Crippen molar-refractivity contribution in [2.45, 2.75) is 25.8 Å². The van der Waals surface area contributed by atoms with E-state index in [1.807, 2.05) is 32.2 Å². The third kappa shape index (κ3) is 4.47. The number of urea groups is 1. The number of nitrogens with zero attached hydrogens (tertiary/aromatic N) is 1. The fourth-order valence-electron chi connectivity index (χ4n) is 3.42. The zero-order chi connectivity index (χ0) is 18.5. The summed E-state index contributed by atoms with van der Waals surface area (Å²) in [6, 6.07) is 12.2. The Hall–Kier alpha value is -2.27. The minimum absolute atomic E-state index is 0.0289. The van der Waals surface area contributed by atoms with Gasteiger partial charge in [-0.05, 0) is 60.2 Å². The van der Waals surface area contributed by atoms with Crippen LogP contribution in [0.25, 0.3) is 10.8 Å². The number of fused-ring (bicyclic) bond motifs is 1. The molecule has 5 nitrogen and oxygen atoms in total. The zero-order valence-corrected chi connectivity index (χ0v) is 15.8. The predicted molar refractivity (Wildman–Crippen MR) is 104 cm³/mol. The van der Waals surface area contributed by atoms with E-state index in [4.69, 9.17) is 9.47 Å². The van der Waals surface area contributed by atoms with E-state index in [0.29, 0.717) is 5.92 Å². The minimum atomic E-state index is -0.0499. The monoisotopic (exact) mass is 356 g/mol. The van der Waals surface area contributed by atoms with Gasteiger partial charge in [0, 0.05) is 26.8 Å². The van der Waals surface area contributed by atoms with Gasteiger partial charge in [0.15, 0.2) is 0 Å². The summed E-state index contributed by atoms with van der Waals surface area (Å²) in [5.41, 5.74) is 1.09. The second-order valence-corrected chi connectivity index (χ2v) is 7.08. The van der Waals surface area contributed by atoms with E-state index in [2.05, 4.69) is 23.5 Å². The van der Waals surface area contributed by atoms with Gasteiger partial charge >= 0.3 is 6.03 Å². The molecule has 0 unspecified atom stereocenters. The van der Waals surface area contributed by atoms with Crippen LogP contribution in [0.1, 0.15) is 31.4 Å². The van der Waals surface area contributed by atoms with Crippen LogP contribution in [-0.2, 0) is 4.74 Å². The molecule has 1 fully saturated rings. The summed E-state index contributed by atoms with van der Waals surface area (Å²) in [5, 5.41) is 5.37. The average molecular weight is 356 g/mol. The van der Waals surface area contributed by atoms with Crippen LogP contribution in [0.15, 0.2) is 36.4 Å². The van der Waals surface area contributed by atoms with E-state index in [0.717, 1.165) is 54.7 Å². The lowest BCUT2D eigenvalue weighted by atomic mass is 10.00. The average Bonchev–Trinajstić information content (AvgIpc) is 2.67. The van der Waals surface area contributed by atoms with Crippen LogP contribution in [0.2, 0.25) is 0 Å². The molecule has 0 radical (unpaired) electrons. The van der Waals surface area contributed by atoms with Crippen molar-refractivity contribution >= 4 is 16.8 Å². The van der Waals surface area contributed by atoms with E-state index >= 15 is 0 Å². The lowest BCUT2D eigenvalue weighted by Crippen LogP contribution is -2.41. The van der Waals surface area contributed by atoms with Crippen LogP contribution in [0.5, 0.6) is 5.75 Å². The number of methoxy groups -OCH3 is 1. The third-order valence-electron chi connectivity index (χ3n) is 5.13. The van der Waals surface area contributed by atoms with Crippen molar-refractivity contribution < 1.29 is 14.3 Å². The Morgan fingerprint density at radius 3 is 2.65 bits per heavy atom. The molecule has 1 saturated heterocycles. The highest BCUT2D eigenvalue weighted by molar-refractivity contribution is 5.85. The van der Waals surface area contributed by atoms with Crippen LogP contribution >= 0.6 is 0 Å². The van der Waals surface area contributed by atoms with Crippen molar-refractivity contribution in [1.29, 1.82) is 0 Å². The number of carbonyl (C=O) groups excluding carboxylic acids is 1. The molecule has 140 valence electrons. The SMILES string of the molecule is COc1ccc2cc([C@@H](C)NC(=O)N(C)CC3CCOCC3)ccc2c1. The van der Waals surface area contributed by atoms with Gasteiger partial charge in [0.25, 0.3) is 0 Å². The first-order chi connectivity index (χ1) is 12.6. The Labute approximate surface area is 155 Å². The molecule has 0 aliphatic carbocycles. The van der Waals surface area contributed by atoms with E-state index in [9.17, 15) is 4.79 Å². The molecule has 2 amide bonds. The van der Waals surface area contributed by atoms with Crippen molar-refractivity contribution in [3.63, 3.8) is 0 Å². The van der Waals surface area contributed by atoms with Crippen molar-refractivity contribution in [2.24, 2.45) is 5.92 Å². The Kier molecular flexibility index (Phi) is 5.99. The van der Waals surface area contributed by atoms with Gasteiger partial charge in [0.2, 0.25) is 0 Å². The molecule has 1 N–H and O–H groups in total. The molecule has 26 heavy (non-hydrogen) atoms. The molecular weight excluding hydrogens is 328 g/mol. The predicted octanol–water partition coefficient (Wildman–Crippen LogP) is 3.98. The number of hydrogen-bond donors (Lipinski definition) is 1. The summed E-state index contributed by atoms with van der Waals surface area (Å²) < 4.78 is 10.7. The van der Waals surface area contributed by atoms with Crippen molar-refractivity contribution in [3.8, 4) is 5.75 Å². The Balaban J connectivity index is 1.62. The molecule has 3 rings (SSSR count). The maximum absolute atomic E-state index is 12.5. The molecule has 0 bridgehead atoms. The molecule has 0 aromatic heterocycles. The van der Waals surface area contributed by atoms with E-state index < -0.39 is 0 Å². The molecule has 0 spiro atoms. The van der Waals surface area contributed by atoms with Gasteiger partial charge < -0.3 is 19.7 Å². The first-order valence-electron chi connectivity index (χ1n) is 9.24. The number of carbonyl (C=O) groups is 1. The van der Waals surface area contributed by atoms with Gasteiger partial charge in [-0.3, -0.25) is 0 Å². The molecule has 2 aromatic carbocycles. The minimum Gasteiger partial charge on any atom is -0.497 e. The maximum Gasteiger partial charge on any atom is 0.317 e. The highest BCUT2D eigenvalue weighted by Gasteiger charge is 2.20. The molecule has 1 atom stereocenters. The normalized spacial score (nSPS) is 16.3. The van der Waals surface area contributed by atoms with Gasteiger partial charge in [0.1, 0.15) is 5.75 Å². The molecule has 2 aromatic rings. The number of amides is 2. The second kappa shape index (κ2) is 8.41. The number of hydrogen-bond acceptors (Lipinski definition) is 3. The van der Waals surface area contributed by atoms with Gasteiger partial charge in [-0.1, -0.05) is 18.2 Å². The lowest BCUT2D eigenvalue weighted by Gasteiger charge is -2.28. The van der Waals surface area contributed by atoms with Gasteiger partial charge in [-0.25, -0.2) is 4.79 Å². The summed E-state index contributed by atoms with van der Waals surface area (Å²) in [4.78, 5) is 14.3. The largest absolute Gasteiger partial charge is 0.497 e. The van der Waals surface area contributed by atoms with E-state index in [1.165, 1.54) is 0 Å². The Morgan fingerprint density at radius 2 is 1.92 bits per heavy atom. The third-order valence-corrected chi connectivity index (χ3v) is 5.13. The molecule has 1 heterocycles. The highest BCUT2D eigenvalue weighted by Crippen LogP contribution is 2.24. The van der Waals surface area contributed by atoms with Crippen LogP contribution in [0.4, 0.5) is 4.79 Å². The molecule has 0 saturated carbocycles. The van der Waals surface area contributed by atoms with E-state index in [1.54, 1.807) is 12.0 Å². The molecule has 1 aliphatic heterocycles. The van der Waals surface area contributed by atoms with Crippen LogP contribution in [-0.4, -0.2) is 44.8 Å². The van der Waals surface area contributed by atoms with Gasteiger partial charge in [-0.15, -0.1) is 0 Å². The summed E-state index contributed by atoms with van der Waals surface area (Å²) in [5.74, 6) is 1.38. The van der Waals surface area contributed by atoms with Gasteiger partial charge in [-0.2, -0.15) is 0 Å². The van der Waals surface area contributed by atoms with Crippen LogP contribution < -0.4 is 10.1 Å². The first kappa shape index (κ1) is 18.5. The molecular formula is C21H28N2O3. The number of rotatable bonds is 5. The fraction of sp³-hybridized carbons (Fsp3) is 0.476. The number of benzene rings is 2. The van der Waals surface area contributed by atoms with Crippen LogP contribution in [0, 0.1) is 5.92 Å². The standard InChI is InChI=1S/C21H28N2O3/c1-15(22-21(24)23(2)14-16-8-10-26-11-9-16)17-4-5-19-13-20(25-3)7-6-18(19)12-17/h4-7,12-13,15-16H,8-11,14H2,1-3H3,(H,22,24)/t15-/m1/s1. The fourth-order valence-corrected chi connectivity index (χ4v) is 3.42. The molecule has 1 aliphatic rings. The summed E-state index contributed by atoms with van der Waals surface area (Å²) in [7, 11) is 3.54. The zero-order valence-electron chi connectivity index (χ0n) is 15.8. The Bertz CT molecular complexity index is 756. The van der Waals surface area contributed by atoms with Crippen molar-refractivity contribution in [1.82, 2.24) is 10.2 Å².